The lowest BCUT2D eigenvalue weighted by molar-refractivity contribution is 0.0892. The van der Waals surface area contributed by atoms with Gasteiger partial charge in [-0.15, -0.1) is 0 Å². The molecule has 0 radical (unpaired) electrons. The van der Waals surface area contributed by atoms with Crippen molar-refractivity contribution in [3.63, 3.8) is 0 Å². The van der Waals surface area contributed by atoms with E-state index in [1.54, 1.807) is 0 Å². The maximum Gasteiger partial charge on any atom is 0.134 e. The number of hydrogen-bond donors (Lipinski definition) is 1. The van der Waals surface area contributed by atoms with Gasteiger partial charge in [0.25, 0.3) is 0 Å². The van der Waals surface area contributed by atoms with E-state index in [0.29, 0.717) is 12.0 Å². The van der Waals surface area contributed by atoms with Gasteiger partial charge in [0.15, 0.2) is 0 Å². The number of likely N-dealkylation sites (tertiary alicyclic amines) is 1. The Balaban J connectivity index is 1.81. The molecule has 1 aliphatic heterocycles. The van der Waals surface area contributed by atoms with Gasteiger partial charge >= 0.3 is 0 Å². The fourth-order valence-electron chi connectivity index (χ4n) is 3.26. The first-order valence-corrected chi connectivity index (χ1v) is 8.51. The van der Waals surface area contributed by atoms with Crippen LogP contribution in [0.3, 0.4) is 0 Å². The number of nitrogens with zero attached hydrogens (tertiary/aromatic N) is 1. The zero-order valence-electron chi connectivity index (χ0n) is 12.7. The highest BCUT2D eigenvalue weighted by atomic mass is 79.9. The van der Waals surface area contributed by atoms with Crippen molar-refractivity contribution in [2.24, 2.45) is 17.6 Å². The summed E-state index contributed by atoms with van der Waals surface area (Å²) in [5.41, 5.74) is 6.88. The number of benzene rings is 1. The Hall–Kier alpha value is -0.840. The van der Waals surface area contributed by atoms with E-state index in [-0.39, 0.29) is 0 Å². The van der Waals surface area contributed by atoms with Crippen LogP contribution in [0.25, 0.3) is 11.0 Å². The van der Waals surface area contributed by atoms with Crippen LogP contribution >= 0.6 is 15.9 Å². The molecule has 0 spiro atoms. The summed E-state index contributed by atoms with van der Waals surface area (Å²) < 4.78 is 7.13. The lowest BCUT2D eigenvalue weighted by atomic mass is 9.86. The van der Waals surface area contributed by atoms with E-state index < -0.39 is 0 Å². The smallest absolute Gasteiger partial charge is 0.134 e. The molecule has 2 heterocycles. The SMILES string of the molecule is CC1CCN(C(C)c2cc3cc(Br)ccc3o2)CC1CN. The van der Waals surface area contributed by atoms with Crippen LogP contribution in [0.4, 0.5) is 0 Å². The molecule has 3 rings (SSSR count). The van der Waals surface area contributed by atoms with Crippen molar-refractivity contribution in [2.75, 3.05) is 19.6 Å². The van der Waals surface area contributed by atoms with Crippen LogP contribution in [0, 0.1) is 11.8 Å². The molecule has 0 aliphatic carbocycles. The minimum atomic E-state index is 0.303. The lowest BCUT2D eigenvalue weighted by Crippen LogP contribution is -2.43. The van der Waals surface area contributed by atoms with Gasteiger partial charge in [-0.3, -0.25) is 4.90 Å². The number of fused-ring (bicyclic) bond motifs is 1. The van der Waals surface area contributed by atoms with Gasteiger partial charge in [-0.1, -0.05) is 22.9 Å². The van der Waals surface area contributed by atoms with Gasteiger partial charge < -0.3 is 10.2 Å². The molecule has 21 heavy (non-hydrogen) atoms. The quantitative estimate of drug-likeness (QED) is 0.902. The van der Waals surface area contributed by atoms with Crippen molar-refractivity contribution in [3.05, 3.63) is 34.5 Å². The number of rotatable bonds is 3. The van der Waals surface area contributed by atoms with Crippen molar-refractivity contribution in [2.45, 2.75) is 26.3 Å². The third kappa shape index (κ3) is 3.03. The zero-order chi connectivity index (χ0) is 15.0. The van der Waals surface area contributed by atoms with E-state index in [9.17, 15) is 0 Å². The third-order valence-corrected chi connectivity index (χ3v) is 5.40. The van der Waals surface area contributed by atoms with Crippen molar-refractivity contribution in [1.82, 2.24) is 4.90 Å². The second-order valence-electron chi connectivity index (χ2n) is 6.26. The highest BCUT2D eigenvalue weighted by Gasteiger charge is 2.29. The second kappa shape index (κ2) is 6.11. The van der Waals surface area contributed by atoms with Gasteiger partial charge in [-0.2, -0.15) is 0 Å². The average molecular weight is 351 g/mol. The molecule has 114 valence electrons. The van der Waals surface area contributed by atoms with Gasteiger partial charge in [0.2, 0.25) is 0 Å². The molecule has 0 amide bonds. The number of hydrogen-bond acceptors (Lipinski definition) is 3. The monoisotopic (exact) mass is 350 g/mol. The summed E-state index contributed by atoms with van der Waals surface area (Å²) in [6.45, 7) is 7.52. The molecule has 1 aromatic carbocycles. The van der Waals surface area contributed by atoms with E-state index in [2.05, 4.69) is 46.8 Å². The normalized spacial score (nSPS) is 25.3. The maximum atomic E-state index is 6.04. The third-order valence-electron chi connectivity index (χ3n) is 4.91. The molecule has 1 aromatic heterocycles. The van der Waals surface area contributed by atoms with Crippen LogP contribution in [-0.2, 0) is 0 Å². The van der Waals surface area contributed by atoms with Crippen LogP contribution in [-0.4, -0.2) is 24.5 Å². The summed E-state index contributed by atoms with van der Waals surface area (Å²) in [4.78, 5) is 2.50. The Bertz CT molecular complexity index is 624. The van der Waals surface area contributed by atoms with E-state index in [4.69, 9.17) is 10.2 Å². The zero-order valence-corrected chi connectivity index (χ0v) is 14.3. The number of halogens is 1. The Morgan fingerprint density at radius 3 is 3.00 bits per heavy atom. The van der Waals surface area contributed by atoms with Gasteiger partial charge in [-0.05, 0) is 62.5 Å². The molecule has 1 saturated heterocycles. The summed E-state index contributed by atoms with van der Waals surface area (Å²) in [5.74, 6) is 2.37. The van der Waals surface area contributed by atoms with E-state index in [0.717, 1.165) is 46.8 Å². The molecule has 2 aromatic rings. The number of nitrogens with two attached hydrogens (primary N) is 1. The number of piperidine rings is 1. The number of furan rings is 1. The molecule has 4 heteroatoms. The minimum Gasteiger partial charge on any atom is -0.459 e. The fraction of sp³-hybridized carbons (Fsp3) is 0.529. The highest BCUT2D eigenvalue weighted by molar-refractivity contribution is 9.10. The summed E-state index contributed by atoms with van der Waals surface area (Å²) >= 11 is 3.51. The van der Waals surface area contributed by atoms with Crippen LogP contribution < -0.4 is 5.73 Å². The maximum absolute atomic E-state index is 6.04. The molecule has 0 bridgehead atoms. The van der Waals surface area contributed by atoms with E-state index in [1.165, 1.54) is 6.42 Å². The summed E-state index contributed by atoms with van der Waals surface area (Å²) in [7, 11) is 0. The summed E-state index contributed by atoms with van der Waals surface area (Å²) in [6, 6.07) is 8.62. The van der Waals surface area contributed by atoms with Crippen LogP contribution in [0.2, 0.25) is 0 Å². The molecule has 0 saturated carbocycles. The van der Waals surface area contributed by atoms with Crippen molar-refractivity contribution in [3.8, 4) is 0 Å². The summed E-state index contributed by atoms with van der Waals surface area (Å²) in [6.07, 6.45) is 1.22. The van der Waals surface area contributed by atoms with Gasteiger partial charge in [0.05, 0.1) is 6.04 Å². The molecule has 3 nitrogen and oxygen atoms in total. The molecule has 1 fully saturated rings. The van der Waals surface area contributed by atoms with Crippen molar-refractivity contribution >= 4 is 26.9 Å². The largest absolute Gasteiger partial charge is 0.459 e. The molecule has 2 N–H and O–H groups in total. The first-order valence-electron chi connectivity index (χ1n) is 7.71. The van der Waals surface area contributed by atoms with E-state index >= 15 is 0 Å². The van der Waals surface area contributed by atoms with Crippen molar-refractivity contribution < 1.29 is 4.42 Å². The van der Waals surface area contributed by atoms with Gasteiger partial charge in [-0.25, -0.2) is 0 Å². The minimum absolute atomic E-state index is 0.303. The van der Waals surface area contributed by atoms with Gasteiger partial charge in [0.1, 0.15) is 11.3 Å². The molecule has 3 atom stereocenters. The molecular weight excluding hydrogens is 328 g/mol. The Kier molecular flexibility index (Phi) is 4.38. The predicted octanol–water partition coefficient (Wildman–Crippen LogP) is 4.17. The predicted molar refractivity (Wildman–Crippen MR) is 90.2 cm³/mol. The molecular formula is C17H23BrN2O. The highest BCUT2D eigenvalue weighted by Crippen LogP contribution is 2.32. The standard InChI is InChI=1S/C17H23BrN2O/c1-11-5-6-20(10-14(11)9-19)12(2)17-8-13-7-15(18)3-4-16(13)21-17/h3-4,7-8,11-12,14H,5-6,9-10,19H2,1-2H3. The van der Waals surface area contributed by atoms with Crippen LogP contribution in [0.5, 0.6) is 0 Å². The lowest BCUT2D eigenvalue weighted by Gasteiger charge is -2.39. The Morgan fingerprint density at radius 1 is 1.43 bits per heavy atom. The molecule has 3 unspecified atom stereocenters. The van der Waals surface area contributed by atoms with E-state index in [1.807, 2.05) is 12.1 Å². The average Bonchev–Trinajstić information content (AvgIpc) is 2.90. The topological polar surface area (TPSA) is 42.4 Å². The molecule has 1 aliphatic rings. The summed E-state index contributed by atoms with van der Waals surface area (Å²) in [5, 5.41) is 1.16. The first kappa shape index (κ1) is 15.1. The van der Waals surface area contributed by atoms with Crippen LogP contribution in [0.1, 0.15) is 32.1 Å². The second-order valence-corrected chi connectivity index (χ2v) is 7.18. The Labute approximate surface area is 134 Å². The van der Waals surface area contributed by atoms with Crippen LogP contribution in [0.15, 0.2) is 33.2 Å². The van der Waals surface area contributed by atoms with Gasteiger partial charge in [0, 0.05) is 16.4 Å². The van der Waals surface area contributed by atoms with Crippen molar-refractivity contribution in [1.29, 1.82) is 0 Å². The Morgan fingerprint density at radius 2 is 2.24 bits per heavy atom. The first-order chi connectivity index (χ1) is 10.1. The fourth-order valence-corrected chi connectivity index (χ4v) is 3.64.